The first-order valence-electron chi connectivity index (χ1n) is 6.68. The quantitative estimate of drug-likeness (QED) is 0.891. The van der Waals surface area contributed by atoms with Crippen molar-refractivity contribution in [2.24, 2.45) is 0 Å². The van der Waals surface area contributed by atoms with E-state index < -0.39 is 0 Å². The molecule has 1 amide bonds. The molecule has 1 aromatic rings. The zero-order chi connectivity index (χ0) is 13.0. The Morgan fingerprint density at radius 1 is 1.37 bits per heavy atom. The topological polar surface area (TPSA) is 41.1 Å². The Bertz CT molecular complexity index is 400. The number of hydrogen-bond acceptors (Lipinski definition) is 2. The first-order valence-corrected chi connectivity index (χ1v) is 6.68. The summed E-state index contributed by atoms with van der Waals surface area (Å²) in [7, 11) is 0. The third-order valence-electron chi connectivity index (χ3n) is 3.54. The van der Waals surface area contributed by atoms with Crippen molar-refractivity contribution < 1.29 is 4.79 Å². The van der Waals surface area contributed by atoms with Crippen LogP contribution in [0.2, 0.25) is 0 Å². The second kappa shape index (κ2) is 6.92. The van der Waals surface area contributed by atoms with E-state index in [4.69, 9.17) is 0 Å². The summed E-state index contributed by atoms with van der Waals surface area (Å²) in [5, 5.41) is 6.47. The van der Waals surface area contributed by atoms with E-state index in [1.54, 1.807) is 0 Å². The van der Waals surface area contributed by atoms with Crippen molar-refractivity contribution in [3.05, 3.63) is 35.9 Å². The molecule has 1 atom stereocenters. The van der Waals surface area contributed by atoms with Crippen LogP contribution in [0.25, 0.3) is 0 Å². The van der Waals surface area contributed by atoms with Crippen molar-refractivity contribution in [3.63, 3.8) is 0 Å². The van der Waals surface area contributed by atoms with Gasteiger partial charge in [-0.2, -0.15) is 0 Å². The van der Waals surface area contributed by atoms with Crippen LogP contribution in [-0.2, 0) is 10.3 Å². The molecule has 4 heteroatoms. The monoisotopic (exact) mass is 282 g/mol. The molecule has 3 nitrogen and oxygen atoms in total. The molecular formula is C15H23ClN2O. The average molecular weight is 283 g/mol. The van der Waals surface area contributed by atoms with Crippen molar-refractivity contribution in [3.8, 4) is 0 Å². The van der Waals surface area contributed by atoms with Gasteiger partial charge in [0.25, 0.3) is 0 Å². The van der Waals surface area contributed by atoms with Crippen molar-refractivity contribution in [2.45, 2.75) is 44.7 Å². The van der Waals surface area contributed by atoms with Crippen LogP contribution < -0.4 is 10.6 Å². The van der Waals surface area contributed by atoms with Crippen LogP contribution in [0.5, 0.6) is 0 Å². The minimum absolute atomic E-state index is 0. The van der Waals surface area contributed by atoms with Crippen molar-refractivity contribution >= 4 is 18.3 Å². The van der Waals surface area contributed by atoms with Crippen LogP contribution in [-0.4, -0.2) is 18.5 Å². The molecule has 106 valence electrons. The third kappa shape index (κ3) is 4.51. The van der Waals surface area contributed by atoms with Crippen LogP contribution in [0.4, 0.5) is 0 Å². The molecule has 1 fully saturated rings. The van der Waals surface area contributed by atoms with Gasteiger partial charge in [0.15, 0.2) is 0 Å². The first kappa shape index (κ1) is 16.0. The van der Waals surface area contributed by atoms with E-state index in [0.717, 1.165) is 18.5 Å². The number of carbonyl (C=O) groups excluding carboxylic acids is 1. The normalized spacial score (nSPS) is 18.7. The minimum atomic E-state index is -0.309. The Morgan fingerprint density at radius 3 is 2.63 bits per heavy atom. The van der Waals surface area contributed by atoms with Gasteiger partial charge < -0.3 is 10.6 Å². The SMILES string of the molecule is CC(C)(NC(=O)CC1CCCN1)c1ccccc1.Cl. The van der Waals surface area contributed by atoms with Gasteiger partial charge >= 0.3 is 0 Å². The summed E-state index contributed by atoms with van der Waals surface area (Å²) in [6, 6.07) is 10.5. The van der Waals surface area contributed by atoms with Gasteiger partial charge in [-0.15, -0.1) is 12.4 Å². The summed E-state index contributed by atoms with van der Waals surface area (Å²) >= 11 is 0. The molecule has 1 unspecified atom stereocenters. The Morgan fingerprint density at radius 2 is 2.05 bits per heavy atom. The predicted octanol–water partition coefficient (Wildman–Crippen LogP) is 2.60. The van der Waals surface area contributed by atoms with Crippen LogP contribution in [0.1, 0.15) is 38.7 Å². The number of nitrogens with one attached hydrogen (secondary N) is 2. The lowest BCUT2D eigenvalue weighted by Crippen LogP contribution is -2.43. The maximum Gasteiger partial charge on any atom is 0.222 e. The van der Waals surface area contributed by atoms with Gasteiger partial charge in [-0.05, 0) is 38.8 Å². The molecule has 0 aliphatic carbocycles. The molecule has 1 heterocycles. The molecule has 0 spiro atoms. The lowest BCUT2D eigenvalue weighted by atomic mass is 9.94. The highest BCUT2D eigenvalue weighted by atomic mass is 35.5. The lowest BCUT2D eigenvalue weighted by molar-refractivity contribution is -0.123. The third-order valence-corrected chi connectivity index (χ3v) is 3.54. The van der Waals surface area contributed by atoms with Gasteiger partial charge in [-0.3, -0.25) is 4.79 Å². The number of benzene rings is 1. The molecule has 2 N–H and O–H groups in total. The van der Waals surface area contributed by atoms with E-state index >= 15 is 0 Å². The molecule has 0 radical (unpaired) electrons. The van der Waals surface area contributed by atoms with E-state index in [1.807, 2.05) is 44.2 Å². The Hall–Kier alpha value is -1.06. The van der Waals surface area contributed by atoms with E-state index in [-0.39, 0.29) is 23.9 Å². The van der Waals surface area contributed by atoms with E-state index in [2.05, 4.69) is 10.6 Å². The summed E-state index contributed by atoms with van der Waals surface area (Å²) in [4.78, 5) is 12.0. The highest BCUT2D eigenvalue weighted by Gasteiger charge is 2.24. The van der Waals surface area contributed by atoms with Crippen LogP contribution in [0.15, 0.2) is 30.3 Å². The standard InChI is InChI=1S/C15H22N2O.ClH/c1-15(2,12-7-4-3-5-8-12)17-14(18)11-13-9-6-10-16-13;/h3-5,7-8,13,16H,6,9-11H2,1-2H3,(H,17,18);1H. The predicted molar refractivity (Wildman–Crippen MR) is 80.5 cm³/mol. The fourth-order valence-corrected chi connectivity index (χ4v) is 2.48. The van der Waals surface area contributed by atoms with Gasteiger partial charge in [0, 0.05) is 12.5 Å². The zero-order valence-electron chi connectivity index (χ0n) is 11.6. The molecule has 19 heavy (non-hydrogen) atoms. The summed E-state index contributed by atoms with van der Waals surface area (Å²) in [6.45, 7) is 5.13. The summed E-state index contributed by atoms with van der Waals surface area (Å²) < 4.78 is 0. The molecule has 1 aliphatic heterocycles. The number of hydrogen-bond donors (Lipinski definition) is 2. The molecule has 1 aliphatic rings. The smallest absolute Gasteiger partial charge is 0.222 e. The lowest BCUT2D eigenvalue weighted by Gasteiger charge is -2.27. The van der Waals surface area contributed by atoms with E-state index in [9.17, 15) is 4.79 Å². The minimum Gasteiger partial charge on any atom is -0.347 e. The van der Waals surface area contributed by atoms with E-state index in [1.165, 1.54) is 6.42 Å². The molecule has 0 aromatic heterocycles. The van der Waals surface area contributed by atoms with Gasteiger partial charge in [-0.1, -0.05) is 30.3 Å². The zero-order valence-corrected chi connectivity index (χ0v) is 12.4. The fourth-order valence-electron chi connectivity index (χ4n) is 2.48. The molecule has 2 rings (SSSR count). The highest BCUT2D eigenvalue weighted by molar-refractivity contribution is 5.85. The molecule has 1 saturated heterocycles. The second-order valence-corrected chi connectivity index (χ2v) is 5.54. The molecular weight excluding hydrogens is 260 g/mol. The average Bonchev–Trinajstić information content (AvgIpc) is 2.82. The Balaban J connectivity index is 0.00000180. The number of halogens is 1. The summed E-state index contributed by atoms with van der Waals surface area (Å²) in [5.41, 5.74) is 0.828. The first-order chi connectivity index (χ1) is 8.58. The highest BCUT2D eigenvalue weighted by Crippen LogP contribution is 2.20. The second-order valence-electron chi connectivity index (χ2n) is 5.54. The molecule has 0 bridgehead atoms. The van der Waals surface area contributed by atoms with Crippen molar-refractivity contribution in [1.29, 1.82) is 0 Å². The number of rotatable bonds is 4. The van der Waals surface area contributed by atoms with Crippen LogP contribution in [0.3, 0.4) is 0 Å². The number of carbonyl (C=O) groups is 1. The Kier molecular flexibility index (Phi) is 5.83. The van der Waals surface area contributed by atoms with E-state index in [0.29, 0.717) is 12.5 Å². The van der Waals surface area contributed by atoms with Crippen molar-refractivity contribution in [1.82, 2.24) is 10.6 Å². The number of amides is 1. The van der Waals surface area contributed by atoms with Gasteiger partial charge in [0.2, 0.25) is 5.91 Å². The van der Waals surface area contributed by atoms with Crippen molar-refractivity contribution in [2.75, 3.05) is 6.54 Å². The maximum atomic E-state index is 12.0. The molecule has 1 aromatic carbocycles. The van der Waals surface area contributed by atoms with Crippen LogP contribution >= 0.6 is 12.4 Å². The van der Waals surface area contributed by atoms with Gasteiger partial charge in [0.05, 0.1) is 5.54 Å². The van der Waals surface area contributed by atoms with Crippen LogP contribution in [0, 0.1) is 0 Å². The Labute approximate surface area is 121 Å². The maximum absolute atomic E-state index is 12.0. The summed E-state index contributed by atoms with van der Waals surface area (Å²) in [6.07, 6.45) is 2.87. The molecule has 0 saturated carbocycles. The fraction of sp³-hybridized carbons (Fsp3) is 0.533. The van der Waals surface area contributed by atoms with Gasteiger partial charge in [-0.25, -0.2) is 0 Å². The largest absolute Gasteiger partial charge is 0.347 e. The summed E-state index contributed by atoms with van der Waals surface area (Å²) in [5.74, 6) is 0.128. The van der Waals surface area contributed by atoms with Gasteiger partial charge in [0.1, 0.15) is 0 Å².